The molecule has 19 heavy (non-hydrogen) atoms. The van der Waals surface area contributed by atoms with E-state index in [1.807, 2.05) is 0 Å². The summed E-state index contributed by atoms with van der Waals surface area (Å²) in [6, 6.07) is 12.7. The van der Waals surface area contributed by atoms with Gasteiger partial charge in [0, 0.05) is 11.1 Å². The lowest BCUT2D eigenvalue weighted by Crippen LogP contribution is -2.13. The monoisotopic (exact) mass is 276 g/mol. The third kappa shape index (κ3) is 2.81. The van der Waals surface area contributed by atoms with Crippen LogP contribution < -0.4 is 10.9 Å². The molecule has 6 heteroatoms. The molecule has 0 bridgehead atoms. The zero-order chi connectivity index (χ0) is 14.0. The Labute approximate surface area is 110 Å². The second kappa shape index (κ2) is 4.83. The van der Waals surface area contributed by atoms with Crippen molar-refractivity contribution in [2.45, 2.75) is 4.90 Å². The van der Waals surface area contributed by atoms with Crippen LogP contribution in [-0.4, -0.2) is 14.3 Å². The van der Waals surface area contributed by atoms with Gasteiger partial charge in [0.2, 0.25) is 15.9 Å². The van der Waals surface area contributed by atoms with Crippen LogP contribution in [0.4, 0.5) is 0 Å². The van der Waals surface area contributed by atoms with Crippen molar-refractivity contribution in [1.82, 2.24) is 0 Å². The Morgan fingerprint density at radius 2 is 1.68 bits per heavy atom. The molecule has 0 saturated heterocycles. The molecule has 0 aliphatic heterocycles. The second-order valence-electron chi connectivity index (χ2n) is 3.99. The summed E-state index contributed by atoms with van der Waals surface area (Å²) in [6.07, 6.45) is 0. The zero-order valence-electron chi connectivity index (χ0n) is 9.91. The standard InChI is InChI=1S/C13H12N2O3S/c14-13(16)10-5-3-4-9(8-10)11-6-1-2-7-12(11)19(15,17)18/h1-8H,(H2,14,16)(H2,15,17,18). The highest BCUT2D eigenvalue weighted by Crippen LogP contribution is 2.26. The quantitative estimate of drug-likeness (QED) is 0.877. The SMILES string of the molecule is NC(=O)c1cccc(-c2ccccc2S(N)(=O)=O)c1. The van der Waals surface area contributed by atoms with Crippen LogP contribution in [0.5, 0.6) is 0 Å². The first-order chi connectivity index (χ1) is 8.89. The molecule has 1 amide bonds. The molecule has 0 heterocycles. The van der Waals surface area contributed by atoms with Gasteiger partial charge in [-0.25, -0.2) is 13.6 Å². The molecular weight excluding hydrogens is 264 g/mol. The van der Waals surface area contributed by atoms with E-state index >= 15 is 0 Å². The lowest BCUT2D eigenvalue weighted by Gasteiger charge is -2.08. The van der Waals surface area contributed by atoms with E-state index in [4.69, 9.17) is 10.9 Å². The van der Waals surface area contributed by atoms with Crippen LogP contribution in [0.1, 0.15) is 10.4 Å². The Hall–Kier alpha value is -2.18. The highest BCUT2D eigenvalue weighted by atomic mass is 32.2. The van der Waals surface area contributed by atoms with Crippen LogP contribution in [0.2, 0.25) is 0 Å². The van der Waals surface area contributed by atoms with E-state index in [2.05, 4.69) is 0 Å². The fourth-order valence-corrected chi connectivity index (χ4v) is 2.55. The van der Waals surface area contributed by atoms with Gasteiger partial charge in [-0.1, -0.05) is 30.3 Å². The Morgan fingerprint density at radius 3 is 2.32 bits per heavy atom. The molecule has 0 atom stereocenters. The van der Waals surface area contributed by atoms with Crippen molar-refractivity contribution in [3.8, 4) is 11.1 Å². The molecule has 0 aromatic heterocycles. The largest absolute Gasteiger partial charge is 0.366 e. The van der Waals surface area contributed by atoms with Gasteiger partial charge >= 0.3 is 0 Å². The number of sulfonamides is 1. The lowest BCUT2D eigenvalue weighted by molar-refractivity contribution is 0.100. The molecule has 0 spiro atoms. The Balaban J connectivity index is 2.66. The third-order valence-corrected chi connectivity index (χ3v) is 3.62. The maximum atomic E-state index is 11.5. The summed E-state index contributed by atoms with van der Waals surface area (Å²) in [5.41, 5.74) is 6.52. The second-order valence-corrected chi connectivity index (χ2v) is 5.52. The summed E-state index contributed by atoms with van der Waals surface area (Å²) in [5.74, 6) is -0.574. The number of carbonyl (C=O) groups excluding carboxylic acids is 1. The Kier molecular flexibility index (Phi) is 3.37. The highest BCUT2D eigenvalue weighted by molar-refractivity contribution is 7.89. The molecule has 2 aromatic rings. The van der Waals surface area contributed by atoms with Crippen LogP contribution in [-0.2, 0) is 10.0 Å². The first kappa shape index (κ1) is 13.3. The highest BCUT2D eigenvalue weighted by Gasteiger charge is 2.15. The van der Waals surface area contributed by atoms with Crippen molar-refractivity contribution >= 4 is 15.9 Å². The predicted octanol–water partition coefficient (Wildman–Crippen LogP) is 1.10. The summed E-state index contributed by atoms with van der Waals surface area (Å²) in [5, 5.41) is 5.17. The number of primary amides is 1. The number of primary sulfonamides is 1. The van der Waals surface area contributed by atoms with Gasteiger partial charge in [0.15, 0.2) is 0 Å². The molecule has 0 saturated carbocycles. The summed E-state index contributed by atoms with van der Waals surface area (Å²) >= 11 is 0. The van der Waals surface area contributed by atoms with Gasteiger partial charge in [-0.05, 0) is 23.8 Å². The number of hydrogen-bond acceptors (Lipinski definition) is 3. The fourth-order valence-electron chi connectivity index (χ4n) is 1.79. The average molecular weight is 276 g/mol. The number of rotatable bonds is 3. The van der Waals surface area contributed by atoms with Gasteiger partial charge in [-0.15, -0.1) is 0 Å². The van der Waals surface area contributed by atoms with E-state index < -0.39 is 15.9 Å². The van der Waals surface area contributed by atoms with Gasteiger partial charge in [-0.2, -0.15) is 0 Å². The number of nitrogens with two attached hydrogens (primary N) is 2. The van der Waals surface area contributed by atoms with Crippen LogP contribution in [0.3, 0.4) is 0 Å². The minimum Gasteiger partial charge on any atom is -0.366 e. The number of benzene rings is 2. The smallest absolute Gasteiger partial charge is 0.248 e. The van der Waals surface area contributed by atoms with E-state index in [-0.39, 0.29) is 4.90 Å². The molecule has 0 unspecified atom stereocenters. The third-order valence-electron chi connectivity index (χ3n) is 2.65. The summed E-state index contributed by atoms with van der Waals surface area (Å²) in [6.45, 7) is 0. The van der Waals surface area contributed by atoms with Crippen molar-refractivity contribution in [2.24, 2.45) is 10.9 Å². The van der Waals surface area contributed by atoms with E-state index in [0.717, 1.165) is 0 Å². The van der Waals surface area contributed by atoms with E-state index in [9.17, 15) is 13.2 Å². The Bertz CT molecular complexity index is 739. The Morgan fingerprint density at radius 1 is 1.00 bits per heavy atom. The van der Waals surface area contributed by atoms with Crippen LogP contribution in [0.15, 0.2) is 53.4 Å². The first-order valence-electron chi connectivity index (χ1n) is 5.41. The minimum atomic E-state index is -3.83. The van der Waals surface area contributed by atoms with Gasteiger partial charge in [-0.3, -0.25) is 4.79 Å². The molecule has 0 aliphatic carbocycles. The lowest BCUT2D eigenvalue weighted by atomic mass is 10.0. The maximum Gasteiger partial charge on any atom is 0.248 e. The number of amides is 1. The van der Waals surface area contributed by atoms with Crippen LogP contribution in [0.25, 0.3) is 11.1 Å². The van der Waals surface area contributed by atoms with E-state index in [0.29, 0.717) is 16.7 Å². The van der Waals surface area contributed by atoms with E-state index in [1.165, 1.54) is 12.1 Å². The first-order valence-corrected chi connectivity index (χ1v) is 6.96. The molecule has 2 rings (SSSR count). The molecule has 98 valence electrons. The van der Waals surface area contributed by atoms with Crippen molar-refractivity contribution < 1.29 is 13.2 Å². The van der Waals surface area contributed by atoms with E-state index in [1.54, 1.807) is 36.4 Å². The molecule has 4 N–H and O–H groups in total. The normalized spacial score (nSPS) is 11.2. The fraction of sp³-hybridized carbons (Fsp3) is 0. The molecular formula is C13H12N2O3S. The molecule has 2 aromatic carbocycles. The topological polar surface area (TPSA) is 103 Å². The van der Waals surface area contributed by atoms with Crippen LogP contribution >= 0.6 is 0 Å². The molecule has 0 fully saturated rings. The van der Waals surface area contributed by atoms with Gasteiger partial charge < -0.3 is 5.73 Å². The number of carbonyl (C=O) groups is 1. The van der Waals surface area contributed by atoms with Crippen molar-refractivity contribution in [1.29, 1.82) is 0 Å². The van der Waals surface area contributed by atoms with Gasteiger partial charge in [0.1, 0.15) is 0 Å². The molecule has 0 radical (unpaired) electrons. The van der Waals surface area contributed by atoms with Crippen molar-refractivity contribution in [3.63, 3.8) is 0 Å². The number of hydrogen-bond donors (Lipinski definition) is 2. The predicted molar refractivity (Wildman–Crippen MR) is 71.8 cm³/mol. The minimum absolute atomic E-state index is 0.0108. The summed E-state index contributed by atoms with van der Waals surface area (Å²) in [7, 11) is -3.83. The van der Waals surface area contributed by atoms with Gasteiger partial charge in [0.05, 0.1) is 4.90 Å². The maximum absolute atomic E-state index is 11.5. The zero-order valence-corrected chi connectivity index (χ0v) is 10.7. The van der Waals surface area contributed by atoms with Crippen LogP contribution in [0, 0.1) is 0 Å². The summed E-state index contributed by atoms with van der Waals surface area (Å²) in [4.78, 5) is 11.2. The van der Waals surface area contributed by atoms with Gasteiger partial charge in [0.25, 0.3) is 0 Å². The summed E-state index contributed by atoms with van der Waals surface area (Å²) < 4.78 is 23.1. The molecule has 0 aliphatic rings. The van der Waals surface area contributed by atoms with Crippen molar-refractivity contribution in [3.05, 3.63) is 54.1 Å². The molecule has 5 nitrogen and oxygen atoms in total. The average Bonchev–Trinajstić information content (AvgIpc) is 2.38. The van der Waals surface area contributed by atoms with Crippen molar-refractivity contribution in [2.75, 3.05) is 0 Å².